The van der Waals surface area contributed by atoms with Gasteiger partial charge in [-0.15, -0.1) is 11.3 Å². The molecule has 2 heterocycles. The lowest BCUT2D eigenvalue weighted by Crippen LogP contribution is -2.44. The number of piperidine rings is 1. The minimum atomic E-state index is -0.473. The van der Waals surface area contributed by atoms with Crippen molar-refractivity contribution in [2.45, 2.75) is 52.5 Å². The molecule has 1 amide bonds. The van der Waals surface area contributed by atoms with E-state index >= 15 is 0 Å². The zero-order chi connectivity index (χ0) is 19.4. The van der Waals surface area contributed by atoms with Crippen LogP contribution < -0.4 is 0 Å². The molecule has 0 aliphatic carbocycles. The molecule has 1 aliphatic heterocycles. The number of aryl methyl sites for hydroxylation is 2. The molecule has 1 aromatic heterocycles. The minimum Gasteiger partial charge on any atom is -0.451 e. The van der Waals surface area contributed by atoms with E-state index in [1.165, 1.54) is 16.9 Å². The van der Waals surface area contributed by atoms with Crippen LogP contribution in [0.25, 0.3) is 10.6 Å². The number of amides is 1. The number of hydrogen-bond acceptors (Lipinski definition) is 5. The number of rotatable bonds is 5. The number of aromatic nitrogens is 1. The van der Waals surface area contributed by atoms with Crippen LogP contribution in [-0.4, -0.2) is 41.0 Å². The van der Waals surface area contributed by atoms with E-state index in [2.05, 4.69) is 24.0 Å². The second-order valence-electron chi connectivity index (χ2n) is 6.99. The van der Waals surface area contributed by atoms with Crippen molar-refractivity contribution in [3.05, 3.63) is 40.4 Å². The number of thiazole rings is 1. The Balaban J connectivity index is 1.64. The number of esters is 1. The first kappa shape index (κ1) is 19.5. The Morgan fingerprint density at radius 2 is 2.00 bits per heavy atom. The summed E-state index contributed by atoms with van der Waals surface area (Å²) in [6, 6.07) is 8.40. The normalized spacial score (nSPS) is 17.0. The maximum Gasteiger partial charge on any atom is 0.350 e. The number of hydrogen-bond donors (Lipinski definition) is 0. The van der Waals surface area contributed by atoms with Gasteiger partial charge in [-0.3, -0.25) is 4.79 Å². The van der Waals surface area contributed by atoms with Crippen molar-refractivity contribution in [3.63, 3.8) is 0 Å². The standard InChI is InChI=1S/C21H26N2O3S/c1-4-16-8-10-17(11-9-16)20-22-15(3)19(27-20)21(25)26-13-18(24)23-12-6-5-7-14(23)2/h8-11,14H,4-7,12-13H2,1-3H3/t14-/m1/s1. The van der Waals surface area contributed by atoms with Gasteiger partial charge < -0.3 is 9.64 Å². The van der Waals surface area contributed by atoms with Crippen LogP contribution in [0.3, 0.4) is 0 Å². The van der Waals surface area contributed by atoms with Crippen molar-refractivity contribution in [3.8, 4) is 10.6 Å². The Labute approximate surface area is 164 Å². The highest BCUT2D eigenvalue weighted by Gasteiger charge is 2.25. The van der Waals surface area contributed by atoms with Gasteiger partial charge >= 0.3 is 5.97 Å². The molecule has 1 aromatic carbocycles. The summed E-state index contributed by atoms with van der Waals surface area (Å²) in [5.74, 6) is -0.590. The minimum absolute atomic E-state index is 0.118. The summed E-state index contributed by atoms with van der Waals surface area (Å²) < 4.78 is 5.30. The Morgan fingerprint density at radius 1 is 1.26 bits per heavy atom. The first-order valence-electron chi connectivity index (χ1n) is 9.53. The lowest BCUT2D eigenvalue weighted by atomic mass is 10.0. The molecular weight excluding hydrogens is 360 g/mol. The average Bonchev–Trinajstić information content (AvgIpc) is 3.08. The van der Waals surface area contributed by atoms with Gasteiger partial charge in [-0.2, -0.15) is 0 Å². The highest BCUT2D eigenvalue weighted by Crippen LogP contribution is 2.29. The molecule has 6 heteroatoms. The van der Waals surface area contributed by atoms with Gasteiger partial charge in [0.25, 0.3) is 5.91 Å². The molecule has 0 N–H and O–H groups in total. The van der Waals surface area contributed by atoms with E-state index in [1.807, 2.05) is 24.0 Å². The van der Waals surface area contributed by atoms with Crippen molar-refractivity contribution in [2.24, 2.45) is 0 Å². The van der Waals surface area contributed by atoms with Crippen LogP contribution in [0.2, 0.25) is 0 Å². The lowest BCUT2D eigenvalue weighted by Gasteiger charge is -2.33. The van der Waals surface area contributed by atoms with E-state index < -0.39 is 5.97 Å². The molecule has 5 nitrogen and oxygen atoms in total. The fourth-order valence-corrected chi connectivity index (χ4v) is 4.30. The Bertz CT molecular complexity index is 813. The molecule has 27 heavy (non-hydrogen) atoms. The van der Waals surface area contributed by atoms with E-state index in [4.69, 9.17) is 4.74 Å². The van der Waals surface area contributed by atoms with Crippen LogP contribution in [0.1, 0.15) is 54.0 Å². The molecule has 0 saturated carbocycles. The SMILES string of the molecule is CCc1ccc(-c2nc(C)c(C(=O)OCC(=O)N3CCCC[C@H]3C)s2)cc1. The number of benzene rings is 1. The zero-order valence-corrected chi connectivity index (χ0v) is 17.0. The largest absolute Gasteiger partial charge is 0.451 e. The molecular formula is C21H26N2O3S. The number of ether oxygens (including phenoxy) is 1. The second-order valence-corrected chi connectivity index (χ2v) is 7.99. The van der Waals surface area contributed by atoms with E-state index in [0.717, 1.165) is 42.8 Å². The van der Waals surface area contributed by atoms with Crippen LogP contribution in [0.4, 0.5) is 0 Å². The van der Waals surface area contributed by atoms with Gasteiger partial charge in [0.15, 0.2) is 6.61 Å². The first-order chi connectivity index (χ1) is 13.0. The van der Waals surface area contributed by atoms with Crippen molar-refractivity contribution in [1.29, 1.82) is 0 Å². The summed E-state index contributed by atoms with van der Waals surface area (Å²) in [4.78, 5) is 31.6. The van der Waals surface area contributed by atoms with Crippen LogP contribution in [0.15, 0.2) is 24.3 Å². The molecule has 2 aromatic rings. The summed E-state index contributed by atoms with van der Waals surface area (Å²) in [5.41, 5.74) is 2.88. The third-order valence-corrected chi connectivity index (χ3v) is 6.23. The van der Waals surface area contributed by atoms with Crippen LogP contribution >= 0.6 is 11.3 Å². The van der Waals surface area contributed by atoms with Crippen molar-refractivity contribution in [1.82, 2.24) is 9.88 Å². The first-order valence-corrected chi connectivity index (χ1v) is 10.3. The molecule has 1 aliphatic rings. The summed E-state index contributed by atoms with van der Waals surface area (Å²) in [6.45, 7) is 6.49. The van der Waals surface area contributed by atoms with Gasteiger partial charge in [0.1, 0.15) is 9.88 Å². The zero-order valence-electron chi connectivity index (χ0n) is 16.2. The summed E-state index contributed by atoms with van der Waals surface area (Å²) >= 11 is 1.31. The van der Waals surface area contributed by atoms with Gasteiger partial charge in [0, 0.05) is 18.2 Å². The van der Waals surface area contributed by atoms with Crippen LogP contribution in [-0.2, 0) is 16.0 Å². The summed E-state index contributed by atoms with van der Waals surface area (Å²) in [6.07, 6.45) is 4.15. The van der Waals surface area contributed by atoms with Crippen LogP contribution in [0, 0.1) is 6.92 Å². The fraction of sp³-hybridized carbons (Fsp3) is 0.476. The quantitative estimate of drug-likeness (QED) is 0.721. The highest BCUT2D eigenvalue weighted by molar-refractivity contribution is 7.17. The van der Waals surface area contributed by atoms with Gasteiger partial charge in [-0.1, -0.05) is 31.2 Å². The van der Waals surface area contributed by atoms with Gasteiger partial charge in [0.05, 0.1) is 5.69 Å². The summed E-state index contributed by atoms with van der Waals surface area (Å²) in [5, 5.41) is 0.790. The molecule has 1 saturated heterocycles. The number of carbonyl (C=O) groups excluding carboxylic acids is 2. The van der Waals surface area contributed by atoms with E-state index in [0.29, 0.717) is 10.6 Å². The predicted octanol–water partition coefficient (Wildman–Crippen LogP) is 4.24. The number of likely N-dealkylation sites (tertiary alicyclic amines) is 1. The van der Waals surface area contributed by atoms with E-state index in [1.54, 1.807) is 6.92 Å². The maximum absolute atomic E-state index is 12.5. The predicted molar refractivity (Wildman–Crippen MR) is 107 cm³/mol. The Kier molecular flexibility index (Phi) is 6.26. The van der Waals surface area contributed by atoms with Crippen LogP contribution in [0.5, 0.6) is 0 Å². The smallest absolute Gasteiger partial charge is 0.350 e. The third kappa shape index (κ3) is 4.56. The van der Waals surface area contributed by atoms with Gasteiger partial charge in [-0.25, -0.2) is 9.78 Å². The van der Waals surface area contributed by atoms with Gasteiger partial charge in [-0.05, 0) is 45.1 Å². The third-order valence-electron chi connectivity index (χ3n) is 5.04. The van der Waals surface area contributed by atoms with Crippen molar-refractivity contribution in [2.75, 3.05) is 13.2 Å². The second kappa shape index (κ2) is 8.65. The average molecular weight is 387 g/mol. The molecule has 0 bridgehead atoms. The molecule has 3 rings (SSSR count). The van der Waals surface area contributed by atoms with Crippen molar-refractivity contribution < 1.29 is 14.3 Å². The Hall–Kier alpha value is -2.21. The van der Waals surface area contributed by atoms with Crippen molar-refractivity contribution >= 4 is 23.2 Å². The number of nitrogens with zero attached hydrogens (tertiary/aromatic N) is 2. The van der Waals surface area contributed by atoms with E-state index in [9.17, 15) is 9.59 Å². The van der Waals surface area contributed by atoms with Gasteiger partial charge in [0.2, 0.25) is 0 Å². The topological polar surface area (TPSA) is 59.5 Å². The molecule has 1 atom stereocenters. The maximum atomic E-state index is 12.5. The molecule has 1 fully saturated rings. The summed E-state index contributed by atoms with van der Waals surface area (Å²) in [7, 11) is 0. The lowest BCUT2D eigenvalue weighted by molar-refractivity contribution is -0.137. The molecule has 0 radical (unpaired) electrons. The Morgan fingerprint density at radius 3 is 2.67 bits per heavy atom. The number of carbonyl (C=O) groups is 2. The fourth-order valence-electron chi connectivity index (χ4n) is 3.34. The molecule has 144 valence electrons. The highest BCUT2D eigenvalue weighted by atomic mass is 32.1. The van der Waals surface area contributed by atoms with E-state index in [-0.39, 0.29) is 18.6 Å². The molecule has 0 spiro atoms. The monoisotopic (exact) mass is 386 g/mol. The molecule has 0 unspecified atom stereocenters.